The Kier molecular flexibility index (Phi) is 3.34. The van der Waals surface area contributed by atoms with E-state index < -0.39 is 17.6 Å². The van der Waals surface area contributed by atoms with Gasteiger partial charge in [-0.2, -0.15) is 13.2 Å². The first-order valence-electron chi connectivity index (χ1n) is 5.51. The summed E-state index contributed by atoms with van der Waals surface area (Å²) >= 11 is 5.78. The molecule has 1 aliphatic rings. The largest absolute Gasteiger partial charge is 0.411 e. The fraction of sp³-hybridized carbons (Fsp3) is 0.455. The molecule has 1 aliphatic carbocycles. The lowest BCUT2D eigenvalue weighted by Crippen LogP contribution is -2.47. The molecule has 1 saturated carbocycles. The predicted molar refractivity (Wildman–Crippen MR) is 64.3 cm³/mol. The minimum absolute atomic E-state index is 0.00877. The van der Waals surface area contributed by atoms with Crippen molar-refractivity contribution in [2.75, 3.05) is 12.4 Å². The quantitative estimate of drug-likeness (QED) is 0.901. The minimum atomic E-state index is -4.45. The number of pyridine rings is 1. The molecular formula is C11H11ClF3N3O. The third-order valence-electron chi connectivity index (χ3n) is 3.00. The molecule has 8 heteroatoms. The Balaban J connectivity index is 2.22. The van der Waals surface area contributed by atoms with E-state index in [4.69, 9.17) is 11.6 Å². The van der Waals surface area contributed by atoms with Crippen molar-refractivity contribution in [2.45, 2.75) is 24.6 Å². The molecular weight excluding hydrogens is 283 g/mol. The van der Waals surface area contributed by atoms with Gasteiger partial charge in [0.25, 0.3) is 5.91 Å². The average molecular weight is 294 g/mol. The van der Waals surface area contributed by atoms with Crippen molar-refractivity contribution in [1.82, 2.24) is 10.3 Å². The van der Waals surface area contributed by atoms with Crippen LogP contribution in [0, 0.1) is 0 Å². The van der Waals surface area contributed by atoms with Crippen LogP contribution >= 0.6 is 11.6 Å². The Labute approximate surface area is 112 Å². The number of halogens is 4. The van der Waals surface area contributed by atoms with Crippen LogP contribution in [0.3, 0.4) is 0 Å². The van der Waals surface area contributed by atoms with E-state index in [1.54, 1.807) is 7.05 Å². The predicted octanol–water partition coefficient (Wildman–Crippen LogP) is 2.60. The molecule has 0 aliphatic heterocycles. The van der Waals surface area contributed by atoms with E-state index in [9.17, 15) is 18.0 Å². The molecule has 0 spiro atoms. The summed E-state index contributed by atoms with van der Waals surface area (Å²) in [4.78, 5) is 15.7. The van der Waals surface area contributed by atoms with Gasteiger partial charge in [0.15, 0.2) is 0 Å². The van der Waals surface area contributed by atoms with Crippen LogP contribution < -0.4 is 10.6 Å². The van der Waals surface area contributed by atoms with Gasteiger partial charge in [0.05, 0.1) is 10.6 Å². The second-order valence-corrected chi connectivity index (χ2v) is 4.74. The lowest BCUT2D eigenvalue weighted by molar-refractivity contribution is -0.163. The summed E-state index contributed by atoms with van der Waals surface area (Å²) < 4.78 is 38.2. The molecule has 1 aromatic rings. The Morgan fingerprint density at radius 3 is 2.58 bits per heavy atom. The van der Waals surface area contributed by atoms with Crippen LogP contribution in [0.25, 0.3) is 0 Å². The van der Waals surface area contributed by atoms with Crippen molar-refractivity contribution in [3.8, 4) is 0 Å². The molecule has 0 saturated heterocycles. The summed E-state index contributed by atoms with van der Waals surface area (Å²) in [6, 6.07) is 1.31. The number of hydrogen-bond acceptors (Lipinski definition) is 3. The summed E-state index contributed by atoms with van der Waals surface area (Å²) in [6.45, 7) is 0. The SMILES string of the molecule is CNc1cc(C(=O)NC2(C(F)(F)F)CC2)c(Cl)cn1. The van der Waals surface area contributed by atoms with Crippen molar-refractivity contribution < 1.29 is 18.0 Å². The van der Waals surface area contributed by atoms with Crippen molar-refractivity contribution >= 4 is 23.3 Å². The number of carbonyl (C=O) groups is 1. The first-order chi connectivity index (χ1) is 8.79. The van der Waals surface area contributed by atoms with Gasteiger partial charge in [0.1, 0.15) is 11.4 Å². The highest BCUT2D eigenvalue weighted by Crippen LogP contribution is 2.49. The number of hydrogen-bond donors (Lipinski definition) is 2. The third kappa shape index (κ3) is 2.60. The molecule has 0 bridgehead atoms. The number of nitrogens with one attached hydrogen (secondary N) is 2. The normalized spacial score (nSPS) is 16.9. The number of alkyl halides is 3. The fourth-order valence-corrected chi connectivity index (χ4v) is 1.83. The molecule has 2 rings (SSSR count). The van der Waals surface area contributed by atoms with E-state index >= 15 is 0 Å². The molecule has 104 valence electrons. The van der Waals surface area contributed by atoms with E-state index in [1.165, 1.54) is 12.3 Å². The molecule has 4 nitrogen and oxygen atoms in total. The van der Waals surface area contributed by atoms with E-state index in [0.29, 0.717) is 5.82 Å². The van der Waals surface area contributed by atoms with Crippen molar-refractivity contribution in [1.29, 1.82) is 0 Å². The van der Waals surface area contributed by atoms with Crippen LogP contribution in [0.5, 0.6) is 0 Å². The first-order valence-corrected chi connectivity index (χ1v) is 5.89. The molecule has 0 radical (unpaired) electrons. The second-order valence-electron chi connectivity index (χ2n) is 4.33. The lowest BCUT2D eigenvalue weighted by atomic mass is 10.2. The van der Waals surface area contributed by atoms with Gasteiger partial charge in [-0.15, -0.1) is 0 Å². The van der Waals surface area contributed by atoms with Gasteiger partial charge in [0, 0.05) is 13.2 Å². The highest BCUT2D eigenvalue weighted by atomic mass is 35.5. The van der Waals surface area contributed by atoms with Crippen LogP contribution in [-0.4, -0.2) is 29.7 Å². The third-order valence-corrected chi connectivity index (χ3v) is 3.30. The zero-order valence-electron chi connectivity index (χ0n) is 9.94. The van der Waals surface area contributed by atoms with E-state index in [2.05, 4.69) is 10.3 Å². The highest BCUT2D eigenvalue weighted by Gasteiger charge is 2.64. The molecule has 1 amide bonds. The molecule has 1 fully saturated rings. The van der Waals surface area contributed by atoms with Crippen LogP contribution in [0.15, 0.2) is 12.3 Å². The summed E-state index contributed by atoms with van der Waals surface area (Å²) in [5, 5.41) is 4.71. The Bertz CT molecular complexity index is 514. The smallest absolute Gasteiger partial charge is 0.373 e. The van der Waals surface area contributed by atoms with Crippen LogP contribution in [0.2, 0.25) is 5.02 Å². The summed E-state index contributed by atoms with van der Waals surface area (Å²) in [7, 11) is 1.58. The van der Waals surface area contributed by atoms with E-state index in [1.807, 2.05) is 5.32 Å². The molecule has 2 N–H and O–H groups in total. The number of rotatable bonds is 3. The Hall–Kier alpha value is -1.50. The first kappa shape index (κ1) is 13.9. The lowest BCUT2D eigenvalue weighted by Gasteiger charge is -2.21. The molecule has 19 heavy (non-hydrogen) atoms. The molecule has 0 atom stereocenters. The van der Waals surface area contributed by atoms with E-state index in [-0.39, 0.29) is 23.4 Å². The second kappa shape index (κ2) is 4.56. The topological polar surface area (TPSA) is 54.0 Å². The van der Waals surface area contributed by atoms with Gasteiger partial charge in [-0.05, 0) is 18.9 Å². The number of anilines is 1. The van der Waals surface area contributed by atoms with Crippen LogP contribution in [0.4, 0.5) is 19.0 Å². The number of nitrogens with zero attached hydrogens (tertiary/aromatic N) is 1. The standard InChI is InChI=1S/C11H11ClF3N3O/c1-16-8-4-6(7(12)5-17-8)9(19)18-10(2-3-10)11(13,14)15/h4-5H,2-3H2,1H3,(H,16,17)(H,18,19). The van der Waals surface area contributed by atoms with E-state index in [0.717, 1.165) is 0 Å². The molecule has 1 aromatic heterocycles. The number of amides is 1. The summed E-state index contributed by atoms with van der Waals surface area (Å²) in [5.74, 6) is -0.495. The maximum atomic E-state index is 12.7. The summed E-state index contributed by atoms with van der Waals surface area (Å²) in [6.07, 6.45) is -3.45. The summed E-state index contributed by atoms with van der Waals surface area (Å²) in [5.41, 5.74) is -2.13. The maximum Gasteiger partial charge on any atom is 0.411 e. The monoisotopic (exact) mass is 293 g/mol. The fourth-order valence-electron chi connectivity index (χ4n) is 1.64. The average Bonchev–Trinajstić information content (AvgIpc) is 3.10. The molecule has 0 unspecified atom stereocenters. The molecule has 0 aromatic carbocycles. The van der Waals surface area contributed by atoms with Crippen molar-refractivity contribution in [2.24, 2.45) is 0 Å². The van der Waals surface area contributed by atoms with Crippen molar-refractivity contribution in [3.63, 3.8) is 0 Å². The zero-order chi connectivity index (χ0) is 14.3. The molecule has 1 heterocycles. The Morgan fingerprint density at radius 1 is 1.47 bits per heavy atom. The highest BCUT2D eigenvalue weighted by molar-refractivity contribution is 6.33. The van der Waals surface area contributed by atoms with Gasteiger partial charge in [-0.3, -0.25) is 4.79 Å². The van der Waals surface area contributed by atoms with Crippen molar-refractivity contribution in [3.05, 3.63) is 22.8 Å². The Morgan fingerprint density at radius 2 is 2.11 bits per heavy atom. The van der Waals surface area contributed by atoms with Gasteiger partial charge in [0.2, 0.25) is 0 Å². The number of aromatic nitrogens is 1. The number of carbonyl (C=O) groups excluding carboxylic acids is 1. The van der Waals surface area contributed by atoms with Gasteiger partial charge in [-0.1, -0.05) is 11.6 Å². The van der Waals surface area contributed by atoms with Gasteiger partial charge >= 0.3 is 6.18 Å². The van der Waals surface area contributed by atoms with Gasteiger partial charge in [-0.25, -0.2) is 4.98 Å². The van der Waals surface area contributed by atoms with Crippen LogP contribution in [0.1, 0.15) is 23.2 Å². The zero-order valence-corrected chi connectivity index (χ0v) is 10.7. The van der Waals surface area contributed by atoms with Gasteiger partial charge < -0.3 is 10.6 Å². The van der Waals surface area contributed by atoms with Crippen LogP contribution in [-0.2, 0) is 0 Å². The minimum Gasteiger partial charge on any atom is -0.373 e. The maximum absolute atomic E-state index is 12.7.